The SMILES string of the molecule is CC(C)(C)N(CCC(=O)O)C(=O)CCn1ccnc1. The molecule has 0 aliphatic rings. The first kappa shape index (κ1) is 15.2. The van der Waals surface area contributed by atoms with Crippen LogP contribution < -0.4 is 0 Å². The monoisotopic (exact) mass is 267 g/mol. The molecule has 1 aromatic rings. The Kier molecular flexibility index (Phi) is 5.09. The summed E-state index contributed by atoms with van der Waals surface area (Å²) >= 11 is 0. The number of carboxylic acids is 1. The van der Waals surface area contributed by atoms with Gasteiger partial charge in [-0.05, 0) is 20.8 Å². The van der Waals surface area contributed by atoms with E-state index >= 15 is 0 Å². The van der Waals surface area contributed by atoms with Gasteiger partial charge in [0.25, 0.3) is 0 Å². The van der Waals surface area contributed by atoms with Crippen LogP contribution in [0.4, 0.5) is 0 Å². The molecular formula is C13H21N3O3. The van der Waals surface area contributed by atoms with E-state index in [1.54, 1.807) is 23.6 Å². The van der Waals surface area contributed by atoms with Crippen LogP contribution in [0.1, 0.15) is 33.6 Å². The zero-order chi connectivity index (χ0) is 14.5. The van der Waals surface area contributed by atoms with Crippen LogP contribution in [-0.4, -0.2) is 43.5 Å². The van der Waals surface area contributed by atoms with Crippen molar-refractivity contribution in [3.05, 3.63) is 18.7 Å². The van der Waals surface area contributed by atoms with Crippen molar-refractivity contribution in [3.8, 4) is 0 Å². The lowest BCUT2D eigenvalue weighted by Crippen LogP contribution is -2.46. The first-order chi connectivity index (χ1) is 8.80. The van der Waals surface area contributed by atoms with Crippen molar-refractivity contribution < 1.29 is 14.7 Å². The largest absolute Gasteiger partial charge is 0.481 e. The molecule has 6 heteroatoms. The molecule has 0 saturated heterocycles. The highest BCUT2D eigenvalue weighted by atomic mass is 16.4. The molecule has 0 aromatic carbocycles. The number of carbonyl (C=O) groups excluding carboxylic acids is 1. The number of aliphatic carboxylic acids is 1. The average Bonchev–Trinajstić information content (AvgIpc) is 2.76. The van der Waals surface area contributed by atoms with Crippen LogP contribution in [0.3, 0.4) is 0 Å². The highest BCUT2D eigenvalue weighted by Crippen LogP contribution is 2.15. The van der Waals surface area contributed by atoms with Crippen molar-refractivity contribution in [2.45, 2.75) is 45.7 Å². The molecule has 1 aromatic heterocycles. The van der Waals surface area contributed by atoms with E-state index in [2.05, 4.69) is 4.98 Å². The number of carbonyl (C=O) groups is 2. The third kappa shape index (κ3) is 5.11. The molecule has 0 atom stereocenters. The Labute approximate surface area is 113 Å². The average molecular weight is 267 g/mol. The molecule has 1 amide bonds. The number of amides is 1. The van der Waals surface area contributed by atoms with Crippen LogP contribution in [-0.2, 0) is 16.1 Å². The number of nitrogens with zero attached hydrogens (tertiary/aromatic N) is 3. The summed E-state index contributed by atoms with van der Waals surface area (Å²) in [5.41, 5.74) is -0.374. The summed E-state index contributed by atoms with van der Waals surface area (Å²) in [6.07, 6.45) is 5.43. The Hall–Kier alpha value is -1.85. The number of carboxylic acid groups (broad SMARTS) is 1. The molecule has 1 heterocycles. The van der Waals surface area contributed by atoms with Gasteiger partial charge in [-0.3, -0.25) is 9.59 Å². The van der Waals surface area contributed by atoms with Crippen LogP contribution in [0.15, 0.2) is 18.7 Å². The van der Waals surface area contributed by atoms with Gasteiger partial charge in [0, 0.05) is 37.4 Å². The minimum Gasteiger partial charge on any atom is -0.481 e. The third-order valence-electron chi connectivity index (χ3n) is 2.80. The molecule has 1 N–H and O–H groups in total. The van der Waals surface area contributed by atoms with Gasteiger partial charge in [0.05, 0.1) is 12.7 Å². The molecule has 0 radical (unpaired) electrons. The Bertz CT molecular complexity index is 421. The van der Waals surface area contributed by atoms with E-state index in [1.807, 2.05) is 25.3 Å². The molecule has 0 aliphatic heterocycles. The maximum Gasteiger partial charge on any atom is 0.305 e. The summed E-state index contributed by atoms with van der Waals surface area (Å²) in [6, 6.07) is 0. The van der Waals surface area contributed by atoms with Gasteiger partial charge in [-0.1, -0.05) is 0 Å². The summed E-state index contributed by atoms with van der Waals surface area (Å²) in [5, 5.41) is 8.74. The normalized spacial score (nSPS) is 11.3. The molecule has 0 aliphatic carbocycles. The maximum absolute atomic E-state index is 12.2. The van der Waals surface area contributed by atoms with Crippen LogP contribution in [0.5, 0.6) is 0 Å². The van der Waals surface area contributed by atoms with E-state index in [0.717, 1.165) is 0 Å². The van der Waals surface area contributed by atoms with Crippen LogP contribution >= 0.6 is 0 Å². The Balaban J connectivity index is 2.58. The zero-order valence-corrected chi connectivity index (χ0v) is 11.7. The molecule has 0 saturated carbocycles. The second-order valence-corrected chi connectivity index (χ2v) is 5.41. The lowest BCUT2D eigenvalue weighted by atomic mass is 10.0. The van der Waals surface area contributed by atoms with Crippen molar-refractivity contribution in [1.29, 1.82) is 0 Å². The highest BCUT2D eigenvalue weighted by molar-refractivity contribution is 5.77. The van der Waals surface area contributed by atoms with E-state index in [0.29, 0.717) is 13.0 Å². The van der Waals surface area contributed by atoms with E-state index < -0.39 is 5.97 Å². The quantitative estimate of drug-likeness (QED) is 0.844. The van der Waals surface area contributed by atoms with Gasteiger partial charge in [0.2, 0.25) is 5.91 Å². The summed E-state index contributed by atoms with van der Waals surface area (Å²) < 4.78 is 1.83. The second kappa shape index (κ2) is 6.36. The van der Waals surface area contributed by atoms with Gasteiger partial charge in [0.1, 0.15) is 0 Å². The van der Waals surface area contributed by atoms with Crippen molar-refractivity contribution in [3.63, 3.8) is 0 Å². The molecular weight excluding hydrogens is 246 g/mol. The molecule has 0 bridgehead atoms. The second-order valence-electron chi connectivity index (χ2n) is 5.41. The number of hydrogen-bond donors (Lipinski definition) is 1. The summed E-state index contributed by atoms with van der Waals surface area (Å²) in [6.45, 7) is 6.51. The van der Waals surface area contributed by atoms with Gasteiger partial charge in [-0.25, -0.2) is 4.98 Å². The Morgan fingerprint density at radius 1 is 1.32 bits per heavy atom. The first-order valence-corrected chi connectivity index (χ1v) is 6.28. The first-order valence-electron chi connectivity index (χ1n) is 6.28. The van der Waals surface area contributed by atoms with Gasteiger partial charge in [-0.2, -0.15) is 0 Å². The molecule has 6 nitrogen and oxygen atoms in total. The minimum atomic E-state index is -0.892. The fourth-order valence-corrected chi connectivity index (χ4v) is 1.82. The molecule has 19 heavy (non-hydrogen) atoms. The van der Waals surface area contributed by atoms with Gasteiger partial charge < -0.3 is 14.6 Å². The summed E-state index contributed by atoms with van der Waals surface area (Å²) in [5.74, 6) is -0.931. The van der Waals surface area contributed by atoms with E-state index in [4.69, 9.17) is 5.11 Å². The maximum atomic E-state index is 12.2. The lowest BCUT2D eigenvalue weighted by Gasteiger charge is -2.35. The van der Waals surface area contributed by atoms with Crippen LogP contribution in [0, 0.1) is 0 Å². The third-order valence-corrected chi connectivity index (χ3v) is 2.80. The Morgan fingerprint density at radius 2 is 2.00 bits per heavy atom. The molecule has 1 rings (SSSR count). The van der Waals surface area contributed by atoms with Crippen LogP contribution in [0.25, 0.3) is 0 Å². The van der Waals surface area contributed by atoms with Gasteiger partial charge in [-0.15, -0.1) is 0 Å². The van der Waals surface area contributed by atoms with Crippen molar-refractivity contribution in [2.24, 2.45) is 0 Å². The molecule has 0 fully saturated rings. The fraction of sp³-hybridized carbons (Fsp3) is 0.615. The van der Waals surface area contributed by atoms with Crippen LogP contribution in [0.2, 0.25) is 0 Å². The van der Waals surface area contributed by atoms with E-state index in [9.17, 15) is 9.59 Å². The van der Waals surface area contributed by atoms with E-state index in [-0.39, 0.29) is 24.4 Å². The number of aromatic nitrogens is 2. The van der Waals surface area contributed by atoms with E-state index in [1.165, 1.54) is 0 Å². The molecule has 106 valence electrons. The van der Waals surface area contributed by atoms with Gasteiger partial charge in [0.15, 0.2) is 0 Å². The number of imidazole rings is 1. The van der Waals surface area contributed by atoms with Crippen molar-refractivity contribution in [2.75, 3.05) is 6.54 Å². The van der Waals surface area contributed by atoms with Gasteiger partial charge >= 0.3 is 5.97 Å². The molecule has 0 spiro atoms. The number of aryl methyl sites for hydroxylation is 1. The minimum absolute atomic E-state index is 0.0336. The highest BCUT2D eigenvalue weighted by Gasteiger charge is 2.26. The smallest absolute Gasteiger partial charge is 0.305 e. The number of rotatable bonds is 6. The molecule has 0 unspecified atom stereocenters. The van der Waals surface area contributed by atoms with Crippen molar-refractivity contribution >= 4 is 11.9 Å². The standard InChI is InChI=1S/C13H21N3O3/c1-13(2,3)16(8-5-12(18)19)11(17)4-7-15-9-6-14-10-15/h6,9-10H,4-5,7-8H2,1-3H3,(H,18,19). The fourth-order valence-electron chi connectivity index (χ4n) is 1.82. The summed E-state index contributed by atoms with van der Waals surface area (Å²) in [4.78, 5) is 28.4. The predicted molar refractivity (Wildman–Crippen MR) is 70.6 cm³/mol. The topological polar surface area (TPSA) is 75.4 Å². The number of hydrogen-bond acceptors (Lipinski definition) is 3. The zero-order valence-electron chi connectivity index (χ0n) is 11.7. The predicted octanol–water partition coefficient (Wildman–Crippen LogP) is 1.37. The summed E-state index contributed by atoms with van der Waals surface area (Å²) in [7, 11) is 0. The Morgan fingerprint density at radius 3 is 2.47 bits per heavy atom. The van der Waals surface area contributed by atoms with Crippen molar-refractivity contribution in [1.82, 2.24) is 14.5 Å². The lowest BCUT2D eigenvalue weighted by molar-refractivity contribution is -0.140.